The van der Waals surface area contributed by atoms with E-state index >= 15 is 0 Å². The molecule has 10 heteroatoms. The summed E-state index contributed by atoms with van der Waals surface area (Å²) in [4.78, 5) is 4.31. The Hall–Kier alpha value is -3.27. The van der Waals surface area contributed by atoms with Gasteiger partial charge in [0.1, 0.15) is 5.82 Å². The average Bonchev–Trinajstić information content (AvgIpc) is 3.13. The van der Waals surface area contributed by atoms with Gasteiger partial charge in [-0.15, -0.1) is 0 Å². The maximum absolute atomic E-state index is 13.7. The van der Waals surface area contributed by atoms with Crippen LogP contribution in [-0.2, 0) is 27.8 Å². The van der Waals surface area contributed by atoms with Gasteiger partial charge in [-0.25, -0.2) is 22.3 Å². The van der Waals surface area contributed by atoms with E-state index in [1.165, 1.54) is 35.0 Å². The van der Waals surface area contributed by atoms with Gasteiger partial charge in [-0.3, -0.25) is 0 Å². The van der Waals surface area contributed by atoms with Gasteiger partial charge in [0.05, 0.1) is 16.8 Å². The monoisotopic (exact) mass is 491 g/mol. The highest BCUT2D eigenvalue weighted by atomic mass is 32.2. The molecule has 0 amide bonds. The van der Waals surface area contributed by atoms with Crippen molar-refractivity contribution in [2.24, 2.45) is 0 Å². The molecule has 0 N–H and O–H groups in total. The lowest BCUT2D eigenvalue weighted by Gasteiger charge is -2.25. The van der Waals surface area contributed by atoms with Crippen molar-refractivity contribution in [1.82, 2.24) is 14.6 Å². The van der Waals surface area contributed by atoms with Crippen LogP contribution in [0.5, 0.6) is 0 Å². The fraction of sp³-hybridized carbons (Fsp3) is 0.250. The number of sulfone groups is 1. The molecular formula is C24H21F4N3O2S. The molecular weight excluding hydrogens is 470 g/mol. The molecule has 0 saturated heterocycles. The summed E-state index contributed by atoms with van der Waals surface area (Å²) >= 11 is 0. The zero-order valence-electron chi connectivity index (χ0n) is 18.6. The molecule has 0 atom stereocenters. The quantitative estimate of drug-likeness (QED) is 0.347. The van der Waals surface area contributed by atoms with Crippen LogP contribution < -0.4 is 0 Å². The number of rotatable bonds is 5. The van der Waals surface area contributed by atoms with Gasteiger partial charge < -0.3 is 0 Å². The first-order valence-electron chi connectivity index (χ1n) is 10.3. The van der Waals surface area contributed by atoms with Crippen LogP contribution in [-0.4, -0.2) is 29.3 Å². The minimum absolute atomic E-state index is 0.125. The molecule has 4 aromatic rings. The molecule has 34 heavy (non-hydrogen) atoms. The highest BCUT2D eigenvalue weighted by Gasteiger charge is 2.32. The third-order valence-electron chi connectivity index (χ3n) is 5.57. The van der Waals surface area contributed by atoms with Crippen molar-refractivity contribution in [3.05, 3.63) is 83.4 Å². The maximum Gasteiger partial charge on any atom is 0.416 e. The van der Waals surface area contributed by atoms with Crippen LogP contribution in [0.15, 0.2) is 65.8 Å². The van der Waals surface area contributed by atoms with Crippen molar-refractivity contribution >= 4 is 15.5 Å². The molecule has 178 valence electrons. The van der Waals surface area contributed by atoms with Gasteiger partial charge in [-0.05, 0) is 47.9 Å². The lowest BCUT2D eigenvalue weighted by atomic mass is 9.82. The van der Waals surface area contributed by atoms with E-state index in [9.17, 15) is 26.0 Å². The predicted molar refractivity (Wildman–Crippen MR) is 120 cm³/mol. The number of hydrogen-bond acceptors (Lipinski definition) is 4. The Balaban J connectivity index is 1.91. The van der Waals surface area contributed by atoms with Gasteiger partial charge in [0.25, 0.3) is 0 Å². The summed E-state index contributed by atoms with van der Waals surface area (Å²) in [6, 6.07) is 12.1. The van der Waals surface area contributed by atoms with E-state index in [4.69, 9.17) is 0 Å². The number of halogens is 4. The summed E-state index contributed by atoms with van der Waals surface area (Å²) in [5.41, 5.74) is 0.463. The summed E-state index contributed by atoms with van der Waals surface area (Å²) in [6.45, 7) is 3.82. The lowest BCUT2D eigenvalue weighted by molar-refractivity contribution is -0.137. The van der Waals surface area contributed by atoms with E-state index in [-0.39, 0.29) is 27.6 Å². The van der Waals surface area contributed by atoms with Gasteiger partial charge in [-0.2, -0.15) is 18.3 Å². The Morgan fingerprint density at radius 2 is 1.68 bits per heavy atom. The summed E-state index contributed by atoms with van der Waals surface area (Å²) < 4.78 is 79.4. The van der Waals surface area contributed by atoms with Crippen LogP contribution in [0.3, 0.4) is 0 Å². The molecule has 0 aliphatic heterocycles. The topological polar surface area (TPSA) is 64.3 Å². The number of fused-ring (bicyclic) bond motifs is 1. The third-order valence-corrected chi connectivity index (χ3v) is 6.56. The second kappa shape index (κ2) is 8.19. The summed E-state index contributed by atoms with van der Waals surface area (Å²) in [5, 5.41) is 4.04. The zero-order valence-corrected chi connectivity index (χ0v) is 19.4. The van der Waals surface area contributed by atoms with Gasteiger partial charge in [0.15, 0.2) is 20.5 Å². The summed E-state index contributed by atoms with van der Waals surface area (Å²) in [7, 11) is -3.85. The van der Waals surface area contributed by atoms with Crippen molar-refractivity contribution in [1.29, 1.82) is 0 Å². The van der Waals surface area contributed by atoms with Crippen LogP contribution in [0.4, 0.5) is 17.6 Å². The Morgan fingerprint density at radius 3 is 2.26 bits per heavy atom. The van der Waals surface area contributed by atoms with E-state index in [0.717, 1.165) is 24.0 Å². The van der Waals surface area contributed by atoms with Crippen LogP contribution >= 0.6 is 0 Å². The highest BCUT2D eigenvalue weighted by Crippen LogP contribution is 2.36. The first-order chi connectivity index (χ1) is 15.8. The van der Waals surface area contributed by atoms with Gasteiger partial charge in [0, 0.05) is 17.9 Å². The zero-order chi connectivity index (χ0) is 24.9. The molecule has 0 fully saturated rings. The Labute approximate surface area is 194 Å². The molecule has 2 aromatic heterocycles. The number of aromatic nitrogens is 3. The Morgan fingerprint density at radius 1 is 1.00 bits per heavy atom. The van der Waals surface area contributed by atoms with E-state index in [0.29, 0.717) is 12.1 Å². The first-order valence-corrected chi connectivity index (χ1v) is 12.2. The van der Waals surface area contributed by atoms with Crippen LogP contribution in [0.1, 0.15) is 30.7 Å². The molecule has 0 aliphatic carbocycles. The Kier molecular flexibility index (Phi) is 5.75. The van der Waals surface area contributed by atoms with Gasteiger partial charge in [0.2, 0.25) is 0 Å². The molecule has 0 saturated carbocycles. The van der Waals surface area contributed by atoms with Crippen molar-refractivity contribution in [3.63, 3.8) is 0 Å². The summed E-state index contributed by atoms with van der Waals surface area (Å²) in [6.07, 6.45) is -1.61. The molecule has 0 bridgehead atoms. The standard InChI is InChI=1S/C24H21F4N3O2S/c1-23(2,14-15-5-4-6-18(25)13-15)19-11-12-29-21-20(22(30-31(19)21)34(3,32)33)16-7-9-17(10-8-16)24(26,27)28/h4-13H,14H2,1-3H3. The minimum Gasteiger partial charge on any atom is -0.236 e. The Bertz CT molecular complexity index is 1470. The number of nitrogens with zero attached hydrogens (tertiary/aromatic N) is 3. The van der Waals surface area contributed by atoms with E-state index in [1.54, 1.807) is 18.2 Å². The fourth-order valence-corrected chi connectivity index (χ4v) is 4.83. The van der Waals surface area contributed by atoms with Crippen LogP contribution in [0, 0.1) is 5.82 Å². The first kappa shape index (κ1) is 23.9. The summed E-state index contributed by atoms with van der Waals surface area (Å²) in [5.74, 6) is -0.365. The van der Waals surface area contributed by atoms with E-state index < -0.39 is 27.0 Å². The largest absolute Gasteiger partial charge is 0.416 e. The van der Waals surface area contributed by atoms with Crippen molar-refractivity contribution in [2.75, 3.05) is 6.26 Å². The van der Waals surface area contributed by atoms with Gasteiger partial charge >= 0.3 is 6.18 Å². The second-order valence-corrected chi connectivity index (χ2v) is 10.7. The van der Waals surface area contributed by atoms with Crippen LogP contribution in [0.2, 0.25) is 0 Å². The average molecular weight is 492 g/mol. The van der Waals surface area contributed by atoms with Crippen molar-refractivity contribution in [3.8, 4) is 11.1 Å². The second-order valence-electron chi connectivity index (χ2n) is 8.78. The smallest absolute Gasteiger partial charge is 0.236 e. The molecule has 5 nitrogen and oxygen atoms in total. The number of hydrogen-bond donors (Lipinski definition) is 0. The third kappa shape index (κ3) is 4.54. The maximum atomic E-state index is 13.7. The molecule has 0 unspecified atom stereocenters. The number of alkyl halides is 3. The minimum atomic E-state index is -4.52. The number of benzene rings is 2. The lowest BCUT2D eigenvalue weighted by Crippen LogP contribution is -2.24. The molecule has 2 heterocycles. The normalized spacial score (nSPS) is 12.9. The van der Waals surface area contributed by atoms with E-state index in [1.807, 2.05) is 13.8 Å². The predicted octanol–water partition coefficient (Wildman–Crippen LogP) is 5.48. The highest BCUT2D eigenvalue weighted by molar-refractivity contribution is 7.90. The molecule has 4 rings (SSSR count). The van der Waals surface area contributed by atoms with Crippen molar-refractivity contribution in [2.45, 2.75) is 36.9 Å². The molecule has 2 aromatic carbocycles. The van der Waals surface area contributed by atoms with Crippen LogP contribution in [0.25, 0.3) is 16.8 Å². The van der Waals surface area contributed by atoms with Gasteiger partial charge in [-0.1, -0.05) is 38.1 Å². The molecule has 0 radical (unpaired) electrons. The van der Waals surface area contributed by atoms with Crippen molar-refractivity contribution < 1.29 is 26.0 Å². The SMILES string of the molecule is CC(C)(Cc1cccc(F)c1)c1ccnc2c(-c3ccc(C(F)(F)F)cc3)c(S(C)(=O)=O)nn12. The van der Waals surface area contributed by atoms with E-state index in [2.05, 4.69) is 10.1 Å². The molecule has 0 spiro atoms. The fourth-order valence-electron chi connectivity index (χ4n) is 4.02. The molecule has 0 aliphatic rings.